The van der Waals surface area contributed by atoms with Gasteiger partial charge in [0.25, 0.3) is 11.6 Å². The Morgan fingerprint density at radius 3 is 2.95 bits per heavy atom. The summed E-state index contributed by atoms with van der Waals surface area (Å²) in [5, 5.41) is 17.6. The van der Waals surface area contributed by atoms with Gasteiger partial charge >= 0.3 is 0 Å². The van der Waals surface area contributed by atoms with Crippen molar-refractivity contribution in [2.75, 3.05) is 6.54 Å². The van der Waals surface area contributed by atoms with Gasteiger partial charge in [0.15, 0.2) is 5.69 Å². The minimum absolute atomic E-state index is 0.0164. The maximum atomic E-state index is 11.9. The average molecular weight is 303 g/mol. The van der Waals surface area contributed by atoms with E-state index in [4.69, 9.17) is 5.73 Å². The number of nitro benzene ring substituents is 1. The number of amides is 1. The molecule has 8 heteroatoms. The zero-order valence-corrected chi connectivity index (χ0v) is 12.1. The van der Waals surface area contributed by atoms with Crippen LogP contribution in [0.3, 0.4) is 0 Å². The SMILES string of the molecule is CC(N)CCNC(=O)c1ccn(-c2cccc([N+](=O)[O-])c2)n1. The number of benzene rings is 1. The van der Waals surface area contributed by atoms with Gasteiger partial charge in [-0.1, -0.05) is 6.07 Å². The minimum atomic E-state index is -0.478. The molecule has 116 valence electrons. The molecule has 0 radical (unpaired) electrons. The summed E-state index contributed by atoms with van der Waals surface area (Å²) < 4.78 is 1.42. The molecule has 0 saturated carbocycles. The van der Waals surface area contributed by atoms with Gasteiger partial charge in [-0.15, -0.1) is 0 Å². The molecule has 0 fully saturated rings. The fraction of sp³-hybridized carbons (Fsp3) is 0.286. The van der Waals surface area contributed by atoms with Gasteiger partial charge in [-0.3, -0.25) is 14.9 Å². The Kier molecular flexibility index (Phi) is 4.84. The van der Waals surface area contributed by atoms with Crippen LogP contribution < -0.4 is 11.1 Å². The third-order valence-electron chi connectivity index (χ3n) is 3.01. The Labute approximate surface area is 127 Å². The number of carbonyl (C=O) groups is 1. The van der Waals surface area contributed by atoms with Gasteiger partial charge in [0.05, 0.1) is 10.6 Å². The molecule has 1 aromatic heterocycles. The fourth-order valence-corrected chi connectivity index (χ4v) is 1.84. The molecule has 0 aliphatic rings. The molecule has 0 bridgehead atoms. The van der Waals surface area contributed by atoms with E-state index in [9.17, 15) is 14.9 Å². The van der Waals surface area contributed by atoms with Crippen LogP contribution in [-0.4, -0.2) is 33.2 Å². The molecule has 3 N–H and O–H groups in total. The van der Waals surface area contributed by atoms with E-state index in [-0.39, 0.29) is 23.3 Å². The Balaban J connectivity index is 2.09. The monoisotopic (exact) mass is 303 g/mol. The van der Waals surface area contributed by atoms with Crippen LogP contribution in [0.5, 0.6) is 0 Å². The third kappa shape index (κ3) is 3.89. The highest BCUT2D eigenvalue weighted by molar-refractivity contribution is 5.92. The summed E-state index contributed by atoms with van der Waals surface area (Å²) in [5.74, 6) is -0.301. The molecule has 1 atom stereocenters. The Morgan fingerprint density at radius 1 is 1.50 bits per heavy atom. The van der Waals surface area contributed by atoms with Crippen molar-refractivity contribution < 1.29 is 9.72 Å². The lowest BCUT2D eigenvalue weighted by molar-refractivity contribution is -0.384. The van der Waals surface area contributed by atoms with Crippen molar-refractivity contribution in [2.45, 2.75) is 19.4 Å². The Morgan fingerprint density at radius 2 is 2.27 bits per heavy atom. The summed E-state index contributed by atoms with van der Waals surface area (Å²) in [6.45, 7) is 2.34. The van der Waals surface area contributed by atoms with Crippen molar-refractivity contribution in [3.63, 3.8) is 0 Å². The number of carbonyl (C=O) groups excluding carboxylic acids is 1. The maximum Gasteiger partial charge on any atom is 0.271 e. The second-order valence-corrected chi connectivity index (χ2v) is 4.94. The largest absolute Gasteiger partial charge is 0.351 e. The molecule has 1 aromatic carbocycles. The van der Waals surface area contributed by atoms with Crippen molar-refractivity contribution in [3.8, 4) is 5.69 Å². The van der Waals surface area contributed by atoms with E-state index in [1.807, 2.05) is 6.92 Å². The first kappa shape index (κ1) is 15.6. The van der Waals surface area contributed by atoms with E-state index in [0.29, 0.717) is 18.7 Å². The standard InChI is InChI=1S/C14H17N5O3/c1-10(15)5-7-16-14(20)13-6-8-18(17-13)11-3-2-4-12(9-11)19(21)22/h2-4,6,8-10H,5,7,15H2,1H3,(H,16,20). The van der Waals surface area contributed by atoms with Crippen LogP contribution in [0.15, 0.2) is 36.5 Å². The second-order valence-electron chi connectivity index (χ2n) is 4.94. The predicted octanol–water partition coefficient (Wildman–Crippen LogP) is 1.25. The van der Waals surface area contributed by atoms with Gasteiger partial charge in [-0.05, 0) is 25.5 Å². The summed E-state index contributed by atoms with van der Waals surface area (Å²) in [7, 11) is 0. The van der Waals surface area contributed by atoms with E-state index >= 15 is 0 Å². The van der Waals surface area contributed by atoms with E-state index in [2.05, 4.69) is 10.4 Å². The Hall–Kier alpha value is -2.74. The van der Waals surface area contributed by atoms with Crippen LogP contribution in [0.25, 0.3) is 5.69 Å². The van der Waals surface area contributed by atoms with E-state index < -0.39 is 4.92 Å². The van der Waals surface area contributed by atoms with Gasteiger partial charge in [-0.25, -0.2) is 4.68 Å². The van der Waals surface area contributed by atoms with Crippen molar-refractivity contribution in [1.82, 2.24) is 15.1 Å². The van der Waals surface area contributed by atoms with Crippen LogP contribution in [0.2, 0.25) is 0 Å². The van der Waals surface area contributed by atoms with Crippen molar-refractivity contribution >= 4 is 11.6 Å². The highest BCUT2D eigenvalue weighted by Gasteiger charge is 2.12. The number of hydrogen-bond acceptors (Lipinski definition) is 5. The first-order chi connectivity index (χ1) is 10.5. The summed E-state index contributed by atoms with van der Waals surface area (Å²) in [6.07, 6.45) is 2.26. The molecule has 1 amide bonds. The number of nitrogens with two attached hydrogens (primary N) is 1. The van der Waals surface area contributed by atoms with Crippen LogP contribution in [0.1, 0.15) is 23.8 Å². The van der Waals surface area contributed by atoms with Gasteiger partial charge < -0.3 is 11.1 Å². The quantitative estimate of drug-likeness (QED) is 0.615. The number of non-ortho nitro benzene ring substituents is 1. The highest BCUT2D eigenvalue weighted by Crippen LogP contribution is 2.16. The summed E-state index contributed by atoms with van der Waals surface area (Å²) in [4.78, 5) is 22.2. The smallest absolute Gasteiger partial charge is 0.271 e. The molecule has 1 unspecified atom stereocenters. The van der Waals surface area contributed by atoms with Gasteiger partial charge in [0.1, 0.15) is 0 Å². The van der Waals surface area contributed by atoms with Crippen LogP contribution >= 0.6 is 0 Å². The lowest BCUT2D eigenvalue weighted by Gasteiger charge is -2.05. The average Bonchev–Trinajstić information content (AvgIpc) is 2.96. The van der Waals surface area contributed by atoms with Crippen molar-refractivity contribution in [2.24, 2.45) is 5.73 Å². The molecule has 8 nitrogen and oxygen atoms in total. The van der Waals surface area contributed by atoms with Crippen LogP contribution in [0, 0.1) is 10.1 Å². The van der Waals surface area contributed by atoms with Crippen LogP contribution in [-0.2, 0) is 0 Å². The van der Waals surface area contributed by atoms with Crippen LogP contribution in [0.4, 0.5) is 5.69 Å². The molecule has 0 aliphatic heterocycles. The number of nitrogens with one attached hydrogen (secondary N) is 1. The highest BCUT2D eigenvalue weighted by atomic mass is 16.6. The Bertz CT molecular complexity index is 681. The van der Waals surface area contributed by atoms with E-state index in [1.54, 1.807) is 24.4 Å². The third-order valence-corrected chi connectivity index (χ3v) is 3.01. The molecule has 22 heavy (non-hydrogen) atoms. The first-order valence-electron chi connectivity index (χ1n) is 6.81. The van der Waals surface area contributed by atoms with Gasteiger partial charge in [0.2, 0.25) is 0 Å². The maximum absolute atomic E-state index is 11.9. The number of aromatic nitrogens is 2. The van der Waals surface area contributed by atoms with Gasteiger partial charge in [-0.2, -0.15) is 5.10 Å². The van der Waals surface area contributed by atoms with E-state index in [0.717, 1.165) is 0 Å². The van der Waals surface area contributed by atoms with E-state index in [1.165, 1.54) is 16.8 Å². The zero-order chi connectivity index (χ0) is 16.1. The molecule has 2 rings (SSSR count). The number of hydrogen-bond donors (Lipinski definition) is 2. The number of rotatable bonds is 6. The fourth-order valence-electron chi connectivity index (χ4n) is 1.84. The zero-order valence-electron chi connectivity index (χ0n) is 12.1. The number of nitrogens with zero attached hydrogens (tertiary/aromatic N) is 3. The number of nitro groups is 1. The van der Waals surface area contributed by atoms with Gasteiger partial charge in [0, 0.05) is 30.9 Å². The lowest BCUT2D eigenvalue weighted by atomic mass is 10.2. The predicted molar refractivity (Wildman–Crippen MR) is 80.8 cm³/mol. The summed E-state index contributed by atoms with van der Waals surface area (Å²) in [5.41, 5.74) is 6.34. The lowest BCUT2D eigenvalue weighted by Crippen LogP contribution is -2.29. The first-order valence-corrected chi connectivity index (χ1v) is 6.81. The molecule has 0 spiro atoms. The molecule has 0 saturated heterocycles. The molecule has 2 aromatic rings. The normalized spacial score (nSPS) is 11.9. The summed E-state index contributed by atoms with van der Waals surface area (Å²) in [6, 6.07) is 7.61. The molecular weight excluding hydrogens is 286 g/mol. The molecular formula is C14H17N5O3. The summed E-state index contributed by atoms with van der Waals surface area (Å²) >= 11 is 0. The molecule has 0 aliphatic carbocycles. The second kappa shape index (κ2) is 6.81. The minimum Gasteiger partial charge on any atom is -0.351 e. The van der Waals surface area contributed by atoms with Crippen molar-refractivity contribution in [3.05, 3.63) is 52.3 Å². The van der Waals surface area contributed by atoms with Crippen molar-refractivity contribution in [1.29, 1.82) is 0 Å². The topological polar surface area (TPSA) is 116 Å². The molecule has 1 heterocycles.